The molecule has 0 aliphatic carbocycles. The number of fused-ring (bicyclic) bond motifs is 7. The molecule has 314 valence electrons. The summed E-state index contributed by atoms with van der Waals surface area (Å²) in [4.78, 5) is 2.41. The summed E-state index contributed by atoms with van der Waals surface area (Å²) < 4.78 is 5.00. The van der Waals surface area contributed by atoms with Crippen LogP contribution in [0.3, 0.4) is 0 Å². The van der Waals surface area contributed by atoms with Crippen LogP contribution in [0.15, 0.2) is 255 Å². The largest absolute Gasteiger partial charge is 0.310 e. The van der Waals surface area contributed by atoms with Crippen molar-refractivity contribution >= 4 is 81.1 Å². The van der Waals surface area contributed by atoms with Crippen LogP contribution in [-0.2, 0) is 0 Å². The van der Waals surface area contributed by atoms with Gasteiger partial charge in [0.1, 0.15) is 0 Å². The minimum atomic E-state index is 1.09. The first-order valence-corrected chi connectivity index (χ1v) is 23.7. The van der Waals surface area contributed by atoms with Crippen LogP contribution in [0.2, 0.25) is 0 Å². The summed E-state index contributed by atoms with van der Waals surface area (Å²) in [6, 6.07) is 93.2. The summed E-state index contributed by atoms with van der Waals surface area (Å²) in [6.45, 7) is 0. The van der Waals surface area contributed by atoms with Gasteiger partial charge in [-0.3, -0.25) is 0 Å². The average Bonchev–Trinajstić information content (AvgIpc) is 3.95. The molecular weight excluding hydrogens is 829 g/mol. The molecule has 0 aliphatic heterocycles. The van der Waals surface area contributed by atoms with Gasteiger partial charge in [-0.05, 0) is 129 Å². The lowest BCUT2D eigenvalue weighted by Crippen LogP contribution is -2.11. The van der Waals surface area contributed by atoms with Crippen molar-refractivity contribution in [2.45, 2.75) is 0 Å². The zero-order valence-electron chi connectivity index (χ0n) is 36.6. The van der Waals surface area contributed by atoms with E-state index in [1.165, 1.54) is 91.7 Å². The first-order valence-electron chi connectivity index (χ1n) is 22.9. The van der Waals surface area contributed by atoms with Crippen molar-refractivity contribution in [2.24, 2.45) is 0 Å². The van der Waals surface area contributed by atoms with E-state index in [9.17, 15) is 0 Å². The smallest absolute Gasteiger partial charge is 0.0541 e. The Morgan fingerprint density at radius 1 is 0.299 bits per heavy atom. The second-order valence-corrected chi connectivity index (χ2v) is 18.4. The van der Waals surface area contributed by atoms with E-state index in [0.29, 0.717) is 0 Å². The summed E-state index contributed by atoms with van der Waals surface area (Å²) in [5, 5.41) is 7.65. The van der Waals surface area contributed by atoms with Crippen molar-refractivity contribution < 1.29 is 0 Å². The highest BCUT2D eigenvalue weighted by molar-refractivity contribution is 7.25. The fourth-order valence-electron chi connectivity index (χ4n) is 10.1. The molecule has 0 amide bonds. The number of nitrogens with zero attached hydrogens (tertiary/aromatic N) is 2. The van der Waals surface area contributed by atoms with Gasteiger partial charge in [-0.2, -0.15) is 0 Å². The van der Waals surface area contributed by atoms with Crippen LogP contribution in [0.25, 0.3) is 103 Å². The summed E-state index contributed by atoms with van der Waals surface area (Å²) in [6.07, 6.45) is 0. The fourth-order valence-corrected chi connectivity index (χ4v) is 11.3. The highest BCUT2D eigenvalue weighted by Crippen LogP contribution is 2.44. The third-order valence-corrected chi connectivity index (χ3v) is 14.5. The monoisotopic (exact) mass is 870 g/mol. The van der Waals surface area contributed by atoms with Crippen LogP contribution in [-0.4, -0.2) is 4.57 Å². The van der Waals surface area contributed by atoms with Gasteiger partial charge in [0, 0.05) is 53.6 Å². The Morgan fingerprint density at radius 3 is 1.55 bits per heavy atom. The molecular formula is C64H42N2S. The quantitative estimate of drug-likeness (QED) is 0.148. The van der Waals surface area contributed by atoms with E-state index >= 15 is 0 Å². The minimum absolute atomic E-state index is 1.09. The Labute approximate surface area is 393 Å². The molecule has 13 aromatic rings. The van der Waals surface area contributed by atoms with E-state index < -0.39 is 0 Å². The molecule has 0 unspecified atom stereocenters. The van der Waals surface area contributed by atoms with E-state index in [1.54, 1.807) is 0 Å². The Balaban J connectivity index is 0.899. The molecule has 2 heterocycles. The molecule has 0 saturated carbocycles. The standard InChI is InChI=1S/C64H42N2S/c1-2-14-46-40-50(28-27-43(46)13-1)48-16-11-15-47(39-48)44-29-34-52(35-30-44)65(60-23-7-3-19-55(60)51-33-38-59-58-22-6-10-26-63(58)67-64(59)42-51)53-36-31-45(32-37-53)49-17-12-18-54(41-49)66-61-24-8-4-20-56(61)57-21-5-9-25-62(57)66/h1-42H. The van der Waals surface area contributed by atoms with Crippen molar-refractivity contribution in [3.8, 4) is 50.2 Å². The van der Waals surface area contributed by atoms with Crippen molar-refractivity contribution in [2.75, 3.05) is 4.90 Å². The van der Waals surface area contributed by atoms with E-state index in [-0.39, 0.29) is 0 Å². The van der Waals surface area contributed by atoms with Crippen molar-refractivity contribution in [1.29, 1.82) is 0 Å². The maximum absolute atomic E-state index is 2.41. The molecule has 2 aromatic heterocycles. The highest BCUT2D eigenvalue weighted by Gasteiger charge is 2.19. The molecule has 0 fully saturated rings. The van der Waals surface area contributed by atoms with Gasteiger partial charge in [-0.15, -0.1) is 11.3 Å². The molecule has 3 heteroatoms. The summed E-state index contributed by atoms with van der Waals surface area (Å²) >= 11 is 1.86. The van der Waals surface area contributed by atoms with Crippen LogP contribution in [0.5, 0.6) is 0 Å². The molecule has 0 aliphatic rings. The lowest BCUT2D eigenvalue weighted by Gasteiger charge is -2.28. The van der Waals surface area contributed by atoms with Gasteiger partial charge in [0.2, 0.25) is 0 Å². The number of para-hydroxylation sites is 3. The highest BCUT2D eigenvalue weighted by atomic mass is 32.1. The van der Waals surface area contributed by atoms with Crippen LogP contribution in [0.4, 0.5) is 17.1 Å². The third-order valence-electron chi connectivity index (χ3n) is 13.4. The fraction of sp³-hybridized carbons (Fsp3) is 0. The molecule has 0 saturated heterocycles. The summed E-state index contributed by atoms with van der Waals surface area (Å²) in [7, 11) is 0. The maximum Gasteiger partial charge on any atom is 0.0541 e. The van der Waals surface area contributed by atoms with Crippen molar-refractivity contribution in [3.05, 3.63) is 255 Å². The number of thiophene rings is 1. The van der Waals surface area contributed by atoms with Crippen LogP contribution >= 0.6 is 11.3 Å². The Morgan fingerprint density at radius 2 is 0.821 bits per heavy atom. The van der Waals surface area contributed by atoms with Gasteiger partial charge in [-0.25, -0.2) is 0 Å². The number of anilines is 3. The molecule has 0 N–H and O–H groups in total. The van der Waals surface area contributed by atoms with Gasteiger partial charge < -0.3 is 9.47 Å². The maximum atomic E-state index is 2.41. The van der Waals surface area contributed by atoms with E-state index in [2.05, 4.69) is 264 Å². The Hall–Kier alpha value is -8.50. The molecule has 2 nitrogen and oxygen atoms in total. The zero-order chi connectivity index (χ0) is 44.3. The van der Waals surface area contributed by atoms with Gasteiger partial charge in [0.05, 0.1) is 16.7 Å². The molecule has 0 radical (unpaired) electrons. The van der Waals surface area contributed by atoms with Crippen LogP contribution < -0.4 is 4.90 Å². The number of rotatable bonds is 8. The van der Waals surface area contributed by atoms with Crippen molar-refractivity contribution in [3.63, 3.8) is 0 Å². The van der Waals surface area contributed by atoms with E-state index in [4.69, 9.17) is 0 Å². The third kappa shape index (κ3) is 6.88. The van der Waals surface area contributed by atoms with Gasteiger partial charge >= 0.3 is 0 Å². The summed E-state index contributed by atoms with van der Waals surface area (Å²) in [5.74, 6) is 0. The molecule has 13 rings (SSSR count). The molecule has 67 heavy (non-hydrogen) atoms. The lowest BCUT2D eigenvalue weighted by molar-refractivity contribution is 1.18. The van der Waals surface area contributed by atoms with Crippen LogP contribution in [0.1, 0.15) is 0 Å². The van der Waals surface area contributed by atoms with Crippen LogP contribution in [0, 0.1) is 0 Å². The SMILES string of the molecule is c1cc(-c2ccc(N(c3ccc(-c4cccc(-n5c6ccccc6c6ccccc65)c4)cc3)c3ccccc3-c3ccc4c(c3)sc3ccccc34)cc2)cc(-c2ccc3ccccc3c2)c1. The topological polar surface area (TPSA) is 8.17 Å². The molecule has 0 spiro atoms. The molecule has 11 aromatic carbocycles. The lowest BCUT2D eigenvalue weighted by atomic mass is 9.97. The first kappa shape index (κ1) is 38.9. The first-order chi connectivity index (χ1) is 33.2. The summed E-state index contributed by atoms with van der Waals surface area (Å²) in [5.41, 5.74) is 16.4. The van der Waals surface area contributed by atoms with E-state index in [0.717, 1.165) is 28.3 Å². The zero-order valence-corrected chi connectivity index (χ0v) is 37.4. The van der Waals surface area contributed by atoms with Crippen molar-refractivity contribution in [1.82, 2.24) is 4.57 Å². The predicted molar refractivity (Wildman–Crippen MR) is 288 cm³/mol. The van der Waals surface area contributed by atoms with E-state index in [1.807, 2.05) is 11.3 Å². The number of aromatic nitrogens is 1. The predicted octanol–water partition coefficient (Wildman–Crippen LogP) is 18.4. The molecule has 0 bridgehead atoms. The normalized spacial score (nSPS) is 11.6. The minimum Gasteiger partial charge on any atom is -0.310 e. The number of hydrogen-bond acceptors (Lipinski definition) is 2. The number of benzene rings is 11. The second kappa shape index (κ2) is 16.2. The van der Waals surface area contributed by atoms with Gasteiger partial charge in [0.25, 0.3) is 0 Å². The Bertz CT molecular complexity index is 3930. The molecule has 0 atom stereocenters. The Kier molecular flexibility index (Phi) is 9.40. The second-order valence-electron chi connectivity index (χ2n) is 17.3. The van der Waals surface area contributed by atoms with Gasteiger partial charge in [0.15, 0.2) is 0 Å². The average molecular weight is 871 g/mol. The van der Waals surface area contributed by atoms with Gasteiger partial charge in [-0.1, -0.05) is 176 Å². The number of hydrogen-bond donors (Lipinski definition) is 0.